The number of carbonyl (C=O) groups is 2. The van der Waals surface area contributed by atoms with E-state index in [9.17, 15) is 9.59 Å². The van der Waals surface area contributed by atoms with E-state index in [-0.39, 0.29) is 136 Å². The molecule has 0 aromatic carbocycles. The van der Waals surface area contributed by atoms with E-state index in [0.717, 1.165) is 5.06 Å². The molecule has 0 unspecified atom stereocenters. The number of hydroxylamine groups is 2. The summed E-state index contributed by atoms with van der Waals surface area (Å²) in [6, 6.07) is 0. The Morgan fingerprint density at radius 2 is 0.746 bits per heavy atom. The Morgan fingerprint density at radius 3 is 0.803 bits per heavy atom. The predicted molar refractivity (Wildman–Crippen MR) is 341 cm³/mol. The number of aromatic amines is 1. The van der Waals surface area contributed by atoms with Gasteiger partial charge < -0.3 is 1.43 Å². The van der Waals surface area contributed by atoms with E-state index in [4.69, 9.17) is 0 Å². The molecule has 0 aliphatic carbocycles. The van der Waals surface area contributed by atoms with Gasteiger partial charge in [-0.15, -0.1) is 0 Å². The van der Waals surface area contributed by atoms with E-state index in [2.05, 4.69) is 30.3 Å². The van der Waals surface area contributed by atoms with Gasteiger partial charge >= 0.3 is 156 Å². The van der Waals surface area contributed by atoms with Crippen molar-refractivity contribution in [3.63, 3.8) is 0 Å². The molecule has 0 saturated carbocycles. The number of aromatic nitrogens is 8. The fourth-order valence-electron chi connectivity index (χ4n) is 2.13. The standard InChI is InChI=1S/C6H8N2O.2C5H8N2.C4H6N2.C4H9NO2.9C2H6.8CH4.4B.4K.Na.H/c1-5(9)6-3-7-8(2)4-6;2*1-5-3-6-7(2)4-5;1-4-2-5-6-3-4;1-4(6)5(2)7-3;9*1-2;;;;;;;;;;;;;;;;;;/h3-4H,1-2H3;2*3-4H,1-2H3;2-3H,1H3,(H,5,6);1-3H3;9*1-2H3;8*1H4;;;;;;;;;;/q;;;;;;;;;;;;;;;;;;;;;;;;;;;;;;+1;-1. The molecular weight excluding hydrogens is 997 g/mol. The summed E-state index contributed by atoms with van der Waals surface area (Å²) in [6.45, 7) is 45.0. The summed E-state index contributed by atoms with van der Waals surface area (Å²) < 4.78 is 5.18. The van der Waals surface area contributed by atoms with Gasteiger partial charge in [0, 0.05) is 93.6 Å². The minimum atomic E-state index is -0.0949. The number of Topliss-reactive ketones (excluding diaryl/α,β-unsaturated/α-hetero) is 1. The minimum Gasteiger partial charge on any atom is 1.00 e. The van der Waals surface area contributed by atoms with Gasteiger partial charge in [-0.3, -0.25) is 33.6 Å². The van der Waals surface area contributed by atoms with Crippen LogP contribution in [0.1, 0.15) is 226 Å². The number of hydrogen-bond donors (Lipinski definition) is 1. The molecule has 0 aliphatic rings. The van der Waals surface area contributed by atoms with Crippen molar-refractivity contribution in [2.75, 3.05) is 14.2 Å². The van der Waals surface area contributed by atoms with Crippen molar-refractivity contribution in [1.29, 1.82) is 0 Å². The normalized spacial score (nSPS) is 5.63. The van der Waals surface area contributed by atoms with Gasteiger partial charge in [0.2, 0.25) is 5.91 Å². The van der Waals surface area contributed by atoms with Gasteiger partial charge in [0.05, 0.1) is 37.5 Å². The van der Waals surface area contributed by atoms with Crippen molar-refractivity contribution in [2.45, 2.75) is 219 Å². The molecule has 21 heteroatoms. The molecule has 1 amide bonds. The van der Waals surface area contributed by atoms with E-state index in [1.54, 1.807) is 46.7 Å². The summed E-state index contributed by atoms with van der Waals surface area (Å²) in [5.41, 5.74) is 4.26. The number of H-pyrrole nitrogens is 1. The first-order valence-corrected chi connectivity index (χ1v) is 54.0. The molecule has 406 valence electrons. The number of aryl methyl sites for hydroxylation is 6. The number of rotatable bonds is 2. The zero-order valence-corrected chi connectivity index (χ0v) is 62.7. The maximum atomic E-state index is 10.6. The van der Waals surface area contributed by atoms with Crippen LogP contribution in [0.5, 0.6) is 0 Å². The largest absolute Gasteiger partial charge is 1.00 e. The third-order valence-corrected chi connectivity index (χ3v) is 4.13. The summed E-state index contributed by atoms with van der Waals surface area (Å²) in [5.74, 6) is -0.0365. The summed E-state index contributed by atoms with van der Waals surface area (Å²) >= 11 is 5.00. The maximum Gasteiger partial charge on any atom is 1.00 e. The SMILES string of the molecule is C.C.C.C.C.C.C.C.CC.CC.CC.CC.CC.CC.CC.CC.CC.CC(=O)c1cnn(C)c1.CON(C)C(C)=O.Cc1cn[nH]c1.Cc1cnn(C)c1.Cc1cnn(C)c1.[B].[B].[B].[B].[H-].[K][K].[K][K].[Na+]. The number of ketones is 1. The van der Waals surface area contributed by atoms with Gasteiger partial charge in [-0.05, 0) is 44.4 Å². The van der Waals surface area contributed by atoms with E-state index in [1.807, 2.05) is 190 Å². The van der Waals surface area contributed by atoms with Gasteiger partial charge in [-0.2, -0.15) is 20.4 Å². The smallest absolute Gasteiger partial charge is 1.00 e. The number of hydrogen-bond acceptors (Lipinski definition) is 7. The first-order chi connectivity index (χ1) is 27.8. The Balaban J connectivity index is -0.0000000134. The summed E-state index contributed by atoms with van der Waals surface area (Å²) in [4.78, 5) is 25.3. The molecule has 4 heterocycles. The fourth-order valence-corrected chi connectivity index (χ4v) is 2.13. The third-order valence-electron chi connectivity index (χ3n) is 4.13. The van der Waals surface area contributed by atoms with Crippen LogP contribution < -0.4 is 29.6 Å². The van der Waals surface area contributed by atoms with E-state index in [0.29, 0.717) is 5.56 Å². The van der Waals surface area contributed by atoms with E-state index in [1.165, 1.54) is 164 Å². The van der Waals surface area contributed by atoms with Crippen molar-refractivity contribution in [3.05, 3.63) is 71.8 Å². The van der Waals surface area contributed by atoms with Crippen LogP contribution in [-0.4, -0.2) is 230 Å². The molecule has 4 rings (SSSR count). The second kappa shape index (κ2) is 171. The molecule has 4 aromatic rings. The molecule has 12 nitrogen and oxygen atoms in total. The summed E-state index contributed by atoms with van der Waals surface area (Å²) in [7, 11) is 8.61. The van der Waals surface area contributed by atoms with Crippen LogP contribution in [0, 0.1) is 20.8 Å². The van der Waals surface area contributed by atoms with Crippen LogP contribution in [0.3, 0.4) is 0 Å². The molecule has 71 heavy (non-hydrogen) atoms. The Kier molecular flexibility index (Phi) is 396. The van der Waals surface area contributed by atoms with Crippen molar-refractivity contribution in [3.8, 4) is 0 Å². The molecule has 0 saturated heterocycles. The van der Waals surface area contributed by atoms with Crippen molar-refractivity contribution >= 4 is 172 Å². The molecule has 0 spiro atoms. The predicted octanol–water partition coefficient (Wildman–Crippen LogP) is 11.2. The van der Waals surface area contributed by atoms with Crippen molar-refractivity contribution < 1.29 is 45.4 Å². The van der Waals surface area contributed by atoms with Crippen LogP contribution in [0.2, 0.25) is 0 Å². The zero-order valence-electron chi connectivity index (χ0n) is 49.2. The van der Waals surface area contributed by atoms with Crippen LogP contribution in [0.15, 0.2) is 49.6 Å². The second-order valence-electron chi connectivity index (χ2n) is 7.82. The van der Waals surface area contributed by atoms with Crippen LogP contribution in [0.4, 0.5) is 0 Å². The zero-order chi connectivity index (χ0) is 49.7. The number of amides is 1. The van der Waals surface area contributed by atoms with Crippen LogP contribution in [-0.2, 0) is 30.8 Å². The van der Waals surface area contributed by atoms with Gasteiger partial charge in [0.25, 0.3) is 0 Å². The van der Waals surface area contributed by atoms with Crippen LogP contribution >= 0.6 is 0 Å². The summed E-state index contributed by atoms with van der Waals surface area (Å²) in [6.07, 6.45) is 14.5. The quantitative estimate of drug-likeness (QED) is 0.120. The Hall–Kier alpha value is 3.75. The third kappa shape index (κ3) is 167. The number of nitrogens with one attached hydrogen (secondary N) is 1. The monoisotopic (exact) mass is 1120 g/mol. The molecule has 0 atom stereocenters. The summed E-state index contributed by atoms with van der Waals surface area (Å²) in [5, 5.41) is 19.2. The van der Waals surface area contributed by atoms with Gasteiger partial charge in [-0.1, -0.05) is 184 Å². The Morgan fingerprint density at radius 1 is 0.507 bits per heavy atom. The van der Waals surface area contributed by atoms with Gasteiger partial charge in [0.15, 0.2) is 5.78 Å². The van der Waals surface area contributed by atoms with Crippen LogP contribution in [0.25, 0.3) is 0 Å². The molecule has 4 aromatic heterocycles. The van der Waals surface area contributed by atoms with Gasteiger partial charge in [0.1, 0.15) is 0 Å². The van der Waals surface area contributed by atoms with Crippen molar-refractivity contribution in [1.82, 2.24) is 44.6 Å². The molecule has 12 radical (unpaired) electrons. The van der Waals surface area contributed by atoms with E-state index >= 15 is 0 Å². The second-order valence-corrected chi connectivity index (χ2v) is 7.82. The average molecular weight is 1120 g/mol. The number of nitrogens with zero attached hydrogens (tertiary/aromatic N) is 8. The topological polar surface area (TPSA) is 129 Å². The molecule has 0 bridgehead atoms. The number of carbonyl (C=O) groups excluding carboxylic acids is 2. The molecule has 1 N–H and O–H groups in total. The average Bonchev–Trinajstić information content (AvgIpc) is 4.14. The molecule has 0 aliphatic heterocycles. The van der Waals surface area contributed by atoms with E-state index < -0.39 is 0 Å². The van der Waals surface area contributed by atoms with Crippen molar-refractivity contribution in [2.24, 2.45) is 21.1 Å². The minimum absolute atomic E-state index is 0. The first-order valence-electron chi connectivity index (χ1n) is 22.0. The fraction of sp³-hybridized carbons (Fsp3) is 0.720. The molecular formula is C50H126B4K4N9NaO3. The first kappa shape index (κ1) is 164. The molecule has 0 fully saturated rings. The Labute approximate surface area is 575 Å². The maximum absolute atomic E-state index is 10.6. The van der Waals surface area contributed by atoms with Gasteiger partial charge in [-0.25, -0.2) is 5.06 Å². The Bertz CT molecular complexity index is 1130.